The molecule has 0 aliphatic carbocycles. The molecule has 0 aliphatic rings. The molecule has 8 heteroatoms. The monoisotopic (exact) mass is 613 g/mol. The normalized spacial score (nSPS) is 12.2. The number of allylic oxidation sites excluding steroid dienone is 4. The van der Waals surface area contributed by atoms with E-state index in [-0.39, 0.29) is 17.2 Å². The standard InChI is InChI=1S/C38H31NO7/c40-31(27-11-3-1-4-12-27)15-7-9-25-17-21-29(22-18-25)39(33-34(42)36(44)38(46)37(45)35(33)43)30-23-19-26(20-24-30)10-8-16-32(41)28-13-5-2-6-14-28/h1-24,40-46H/b9-7+,10-8+,31-15-,32-16-. The first-order valence-electron chi connectivity index (χ1n) is 14.2. The van der Waals surface area contributed by atoms with Crippen LogP contribution in [0.25, 0.3) is 23.7 Å². The van der Waals surface area contributed by atoms with Crippen molar-refractivity contribution in [3.63, 3.8) is 0 Å². The topological polar surface area (TPSA) is 145 Å². The summed E-state index contributed by atoms with van der Waals surface area (Å²) in [7, 11) is 0. The second-order valence-corrected chi connectivity index (χ2v) is 10.2. The van der Waals surface area contributed by atoms with Gasteiger partial charge in [-0.05, 0) is 47.5 Å². The number of aliphatic hydroxyl groups is 2. The molecule has 0 atom stereocenters. The van der Waals surface area contributed by atoms with E-state index in [4.69, 9.17) is 0 Å². The first-order valence-corrected chi connectivity index (χ1v) is 14.2. The van der Waals surface area contributed by atoms with E-state index in [9.17, 15) is 35.7 Å². The molecular weight excluding hydrogens is 582 g/mol. The van der Waals surface area contributed by atoms with Gasteiger partial charge in [0, 0.05) is 22.5 Å². The van der Waals surface area contributed by atoms with Crippen molar-refractivity contribution in [2.45, 2.75) is 0 Å². The maximum absolute atomic E-state index is 10.8. The van der Waals surface area contributed by atoms with Gasteiger partial charge in [0.15, 0.2) is 11.5 Å². The molecule has 0 saturated carbocycles. The first-order chi connectivity index (χ1) is 22.2. The van der Waals surface area contributed by atoms with E-state index in [2.05, 4.69) is 0 Å². The summed E-state index contributed by atoms with van der Waals surface area (Å²) in [5.74, 6) is -4.51. The summed E-state index contributed by atoms with van der Waals surface area (Å²) in [6.07, 6.45) is 10.1. The van der Waals surface area contributed by atoms with Crippen LogP contribution in [0.15, 0.2) is 133 Å². The van der Waals surface area contributed by atoms with Gasteiger partial charge in [-0.15, -0.1) is 0 Å². The fourth-order valence-corrected chi connectivity index (χ4v) is 4.67. The Labute approximate surface area is 265 Å². The largest absolute Gasteiger partial charge is 0.507 e. The molecule has 0 fully saturated rings. The summed E-state index contributed by atoms with van der Waals surface area (Å²) >= 11 is 0. The van der Waals surface area contributed by atoms with Crippen molar-refractivity contribution in [3.8, 4) is 28.7 Å². The Kier molecular flexibility index (Phi) is 9.29. The fraction of sp³-hybridized carbons (Fsp3) is 0. The SMILES string of the molecule is O/C(=C\C=C\c1ccc(N(c2ccc(/C=C/C=C(\O)c3ccccc3)cc2)c2c(O)c(O)c(O)c(O)c2O)cc1)c1ccccc1. The molecule has 0 spiro atoms. The molecule has 0 aromatic heterocycles. The maximum Gasteiger partial charge on any atom is 0.208 e. The highest BCUT2D eigenvalue weighted by Crippen LogP contribution is 2.57. The summed E-state index contributed by atoms with van der Waals surface area (Å²) in [4.78, 5) is 1.41. The van der Waals surface area contributed by atoms with Gasteiger partial charge in [0.05, 0.1) is 0 Å². The van der Waals surface area contributed by atoms with Crippen LogP contribution in [0.3, 0.4) is 0 Å². The number of benzene rings is 5. The quantitative estimate of drug-likeness (QED) is 0.0378. The Bertz CT molecular complexity index is 1790. The average molecular weight is 614 g/mol. The van der Waals surface area contributed by atoms with Crippen LogP contribution in [-0.2, 0) is 0 Å². The zero-order valence-electron chi connectivity index (χ0n) is 24.4. The van der Waals surface area contributed by atoms with Crippen molar-refractivity contribution in [2.24, 2.45) is 0 Å². The highest BCUT2D eigenvalue weighted by Gasteiger charge is 2.29. The number of phenolic OH excluding ortho intramolecular Hbond substituents is 5. The van der Waals surface area contributed by atoms with Crippen LogP contribution in [-0.4, -0.2) is 35.7 Å². The van der Waals surface area contributed by atoms with Gasteiger partial charge < -0.3 is 40.6 Å². The van der Waals surface area contributed by atoms with Crippen LogP contribution in [0.1, 0.15) is 22.3 Å². The molecule has 7 N–H and O–H groups in total. The lowest BCUT2D eigenvalue weighted by molar-refractivity contribution is 0.329. The third-order valence-corrected chi connectivity index (χ3v) is 7.10. The number of nitrogens with zero attached hydrogens (tertiary/aromatic N) is 1. The Hall–Kier alpha value is -6.54. The lowest BCUT2D eigenvalue weighted by Crippen LogP contribution is -2.10. The molecular formula is C38H31NO7. The molecule has 0 aliphatic heterocycles. The van der Waals surface area contributed by atoms with Crippen LogP contribution in [0, 0.1) is 0 Å². The van der Waals surface area contributed by atoms with Gasteiger partial charge in [0.25, 0.3) is 0 Å². The van der Waals surface area contributed by atoms with E-state index in [1.165, 1.54) is 4.90 Å². The minimum absolute atomic E-state index is 0.111. The van der Waals surface area contributed by atoms with Gasteiger partial charge in [0.1, 0.15) is 17.2 Å². The summed E-state index contributed by atoms with van der Waals surface area (Å²) in [6.45, 7) is 0. The molecule has 230 valence electrons. The number of rotatable bonds is 9. The van der Waals surface area contributed by atoms with E-state index >= 15 is 0 Å². The molecule has 0 bridgehead atoms. The molecule has 0 heterocycles. The van der Waals surface area contributed by atoms with Crippen molar-refractivity contribution in [1.29, 1.82) is 0 Å². The lowest BCUT2D eigenvalue weighted by Gasteiger charge is -2.27. The number of hydrogen-bond donors (Lipinski definition) is 7. The predicted octanol–water partition coefficient (Wildman–Crippen LogP) is 8.91. The Balaban J connectivity index is 1.46. The molecule has 5 aromatic carbocycles. The van der Waals surface area contributed by atoms with Crippen LogP contribution >= 0.6 is 0 Å². The van der Waals surface area contributed by atoms with Gasteiger partial charge in [-0.3, -0.25) is 0 Å². The van der Waals surface area contributed by atoms with Gasteiger partial charge in [-0.25, -0.2) is 0 Å². The van der Waals surface area contributed by atoms with Gasteiger partial charge >= 0.3 is 0 Å². The molecule has 0 unspecified atom stereocenters. The zero-order chi connectivity index (χ0) is 32.6. The van der Waals surface area contributed by atoms with Crippen molar-refractivity contribution in [1.82, 2.24) is 0 Å². The van der Waals surface area contributed by atoms with E-state index in [1.54, 1.807) is 109 Å². The van der Waals surface area contributed by atoms with Crippen LogP contribution in [0.5, 0.6) is 28.7 Å². The van der Waals surface area contributed by atoms with Crippen LogP contribution in [0.4, 0.5) is 17.1 Å². The van der Waals surface area contributed by atoms with E-state index in [1.807, 2.05) is 36.4 Å². The Morgan fingerprint density at radius 2 is 0.783 bits per heavy atom. The average Bonchev–Trinajstić information content (AvgIpc) is 3.10. The molecule has 0 saturated heterocycles. The molecule has 5 rings (SSSR count). The fourth-order valence-electron chi connectivity index (χ4n) is 4.67. The highest BCUT2D eigenvalue weighted by atomic mass is 16.4. The van der Waals surface area contributed by atoms with E-state index in [0.717, 1.165) is 11.1 Å². The Morgan fingerprint density at radius 1 is 0.435 bits per heavy atom. The van der Waals surface area contributed by atoms with Gasteiger partial charge in [-0.1, -0.05) is 109 Å². The number of phenols is 5. The van der Waals surface area contributed by atoms with Gasteiger partial charge in [-0.2, -0.15) is 0 Å². The predicted molar refractivity (Wildman–Crippen MR) is 182 cm³/mol. The molecule has 0 radical (unpaired) electrons. The zero-order valence-corrected chi connectivity index (χ0v) is 24.4. The molecule has 8 nitrogen and oxygen atoms in total. The summed E-state index contributed by atoms with van der Waals surface area (Å²) in [5, 5.41) is 72.8. The highest BCUT2D eigenvalue weighted by molar-refractivity contribution is 5.89. The second-order valence-electron chi connectivity index (χ2n) is 10.2. The number of aliphatic hydroxyl groups excluding tert-OH is 2. The van der Waals surface area contributed by atoms with E-state index in [0.29, 0.717) is 22.5 Å². The van der Waals surface area contributed by atoms with Crippen LogP contribution in [0.2, 0.25) is 0 Å². The first kappa shape index (κ1) is 30.9. The summed E-state index contributed by atoms with van der Waals surface area (Å²) in [5.41, 5.74) is 3.44. The molecule has 5 aromatic rings. The smallest absolute Gasteiger partial charge is 0.208 e. The van der Waals surface area contributed by atoms with Crippen LogP contribution < -0.4 is 4.90 Å². The summed E-state index contributed by atoms with van der Waals surface area (Å²) < 4.78 is 0. The van der Waals surface area contributed by atoms with Crippen molar-refractivity contribution >= 4 is 40.7 Å². The lowest BCUT2D eigenvalue weighted by atomic mass is 10.1. The van der Waals surface area contributed by atoms with Crippen molar-refractivity contribution in [2.75, 3.05) is 4.90 Å². The maximum atomic E-state index is 10.8. The second kappa shape index (κ2) is 13.8. The number of anilines is 3. The number of hydrogen-bond acceptors (Lipinski definition) is 8. The van der Waals surface area contributed by atoms with Gasteiger partial charge in [0.2, 0.25) is 17.2 Å². The molecule has 0 amide bonds. The minimum atomic E-state index is -1.06. The number of aromatic hydroxyl groups is 5. The molecule has 46 heavy (non-hydrogen) atoms. The van der Waals surface area contributed by atoms with Crippen molar-refractivity contribution < 1.29 is 35.7 Å². The third kappa shape index (κ3) is 6.82. The van der Waals surface area contributed by atoms with Crippen molar-refractivity contribution in [3.05, 3.63) is 156 Å². The van der Waals surface area contributed by atoms with E-state index < -0.39 is 28.7 Å². The third-order valence-electron chi connectivity index (χ3n) is 7.10. The summed E-state index contributed by atoms with van der Waals surface area (Å²) in [6, 6.07) is 32.1. The minimum Gasteiger partial charge on any atom is -0.507 e. The Morgan fingerprint density at radius 3 is 1.15 bits per heavy atom.